The Morgan fingerprint density at radius 3 is 2.21 bits per heavy atom. The van der Waals surface area contributed by atoms with E-state index in [1.54, 1.807) is 0 Å². The highest BCUT2D eigenvalue weighted by molar-refractivity contribution is 6.31. The van der Waals surface area contributed by atoms with Crippen LogP contribution < -0.4 is 5.73 Å². The maximum absolute atomic E-state index is 10.6. The van der Waals surface area contributed by atoms with Crippen LogP contribution in [-0.2, 0) is 4.79 Å². The lowest BCUT2D eigenvalue weighted by Crippen LogP contribution is -2.27. The summed E-state index contributed by atoms with van der Waals surface area (Å²) in [6.07, 6.45) is 2.99. The highest BCUT2D eigenvalue weighted by atomic mass is 35.5. The monoisotopic (exact) mass is 259 g/mol. The lowest BCUT2D eigenvalue weighted by Gasteiger charge is -2.14. The van der Waals surface area contributed by atoms with Crippen molar-refractivity contribution in [3.8, 4) is 0 Å². The molecule has 0 aliphatic carbocycles. The fourth-order valence-electron chi connectivity index (χ4n) is 1.15. The summed E-state index contributed by atoms with van der Waals surface area (Å²) in [7, 11) is 0. The number of nitrogens with two attached hydrogens (primary N) is 1. The van der Waals surface area contributed by atoms with Gasteiger partial charge in [0.05, 0.1) is 0 Å². The highest BCUT2D eigenvalue weighted by Gasteiger charge is 2.19. The maximum atomic E-state index is 10.6. The van der Waals surface area contributed by atoms with Crippen LogP contribution in [0.3, 0.4) is 0 Å². The molecule has 0 saturated carbocycles. The molecule has 0 heterocycles. The van der Waals surface area contributed by atoms with Crippen LogP contribution in [0.5, 0.6) is 0 Å². The second-order valence-corrected chi connectivity index (χ2v) is 5.09. The number of carbonyl (C=O) groups excluding carboxylic acids is 1. The molecule has 84 valence electrons. The number of amides is 1. The van der Waals surface area contributed by atoms with Crippen LogP contribution in [-0.4, -0.2) is 22.0 Å². The summed E-state index contributed by atoms with van der Waals surface area (Å²) in [6.45, 7) is 2.06. The molecule has 0 aliphatic heterocycles. The average Bonchev–Trinajstić information content (AvgIpc) is 2.03. The minimum absolute atomic E-state index is 0.0549. The van der Waals surface area contributed by atoms with Gasteiger partial charge in [-0.2, -0.15) is 0 Å². The molecule has 0 rings (SSSR count). The van der Waals surface area contributed by atoms with Gasteiger partial charge in [-0.25, -0.2) is 0 Å². The highest BCUT2D eigenvalue weighted by Crippen LogP contribution is 2.20. The topological polar surface area (TPSA) is 43.1 Å². The van der Waals surface area contributed by atoms with Crippen molar-refractivity contribution in [2.24, 2.45) is 5.73 Å². The normalized spacial score (nSPS) is 17.4. The van der Waals surface area contributed by atoms with Gasteiger partial charge in [-0.05, 0) is 19.3 Å². The average molecular weight is 261 g/mol. The molecule has 0 aromatic rings. The van der Waals surface area contributed by atoms with Gasteiger partial charge in [0.2, 0.25) is 5.91 Å². The van der Waals surface area contributed by atoms with Gasteiger partial charge in [0, 0.05) is 10.8 Å². The zero-order valence-corrected chi connectivity index (χ0v) is 10.4. The van der Waals surface area contributed by atoms with Crippen LogP contribution >= 0.6 is 34.8 Å². The molecule has 1 amide bonds. The SMILES string of the molecule is CCCC(Cl)CC(Cl)CC(Cl)C(N)=O. The Morgan fingerprint density at radius 1 is 1.21 bits per heavy atom. The van der Waals surface area contributed by atoms with Gasteiger partial charge < -0.3 is 5.73 Å². The summed E-state index contributed by atoms with van der Waals surface area (Å²) in [4.78, 5) is 10.6. The minimum atomic E-state index is -0.692. The first kappa shape index (κ1) is 14.3. The van der Waals surface area contributed by atoms with Crippen molar-refractivity contribution < 1.29 is 4.79 Å². The van der Waals surface area contributed by atoms with Gasteiger partial charge in [-0.15, -0.1) is 34.8 Å². The Bertz CT molecular complexity index is 177. The summed E-state index contributed by atoms with van der Waals surface area (Å²) >= 11 is 17.6. The van der Waals surface area contributed by atoms with E-state index in [4.69, 9.17) is 40.5 Å². The van der Waals surface area contributed by atoms with Crippen molar-refractivity contribution in [3.05, 3.63) is 0 Å². The van der Waals surface area contributed by atoms with Crippen molar-refractivity contribution in [2.45, 2.75) is 48.7 Å². The molecule has 3 unspecified atom stereocenters. The number of rotatable bonds is 7. The van der Waals surface area contributed by atoms with Gasteiger partial charge in [0.15, 0.2) is 0 Å². The predicted molar refractivity (Wildman–Crippen MR) is 62.3 cm³/mol. The summed E-state index contributed by atoms with van der Waals surface area (Å²) in [5.74, 6) is -0.529. The predicted octanol–water partition coefficient (Wildman–Crippen LogP) is 2.87. The fraction of sp³-hybridized carbons (Fsp3) is 0.889. The van der Waals surface area contributed by atoms with Crippen LogP contribution in [0.2, 0.25) is 0 Å². The maximum Gasteiger partial charge on any atom is 0.235 e. The second-order valence-electron chi connectivity index (χ2n) is 3.32. The lowest BCUT2D eigenvalue weighted by molar-refractivity contribution is -0.117. The first-order valence-electron chi connectivity index (χ1n) is 4.68. The molecule has 0 aromatic heterocycles. The van der Waals surface area contributed by atoms with Crippen molar-refractivity contribution in [1.29, 1.82) is 0 Å². The molecule has 0 radical (unpaired) electrons. The van der Waals surface area contributed by atoms with E-state index in [0.29, 0.717) is 12.8 Å². The molecule has 0 spiro atoms. The van der Waals surface area contributed by atoms with E-state index >= 15 is 0 Å². The lowest BCUT2D eigenvalue weighted by atomic mass is 10.1. The molecule has 2 nitrogen and oxygen atoms in total. The van der Waals surface area contributed by atoms with Crippen molar-refractivity contribution in [2.75, 3.05) is 0 Å². The van der Waals surface area contributed by atoms with E-state index in [2.05, 4.69) is 6.92 Å². The molecule has 2 N–H and O–H groups in total. The quantitative estimate of drug-likeness (QED) is 0.703. The molecule has 0 saturated heterocycles. The number of hydrogen-bond acceptors (Lipinski definition) is 1. The van der Waals surface area contributed by atoms with Crippen molar-refractivity contribution in [3.63, 3.8) is 0 Å². The number of alkyl halides is 3. The largest absolute Gasteiger partial charge is 0.368 e. The Balaban J connectivity index is 3.74. The zero-order valence-electron chi connectivity index (χ0n) is 8.18. The molecular weight excluding hydrogens is 244 g/mol. The fourth-order valence-corrected chi connectivity index (χ4v) is 2.37. The van der Waals surface area contributed by atoms with Gasteiger partial charge >= 0.3 is 0 Å². The van der Waals surface area contributed by atoms with E-state index in [1.807, 2.05) is 0 Å². The molecular formula is C9H16Cl3NO. The minimum Gasteiger partial charge on any atom is -0.368 e. The summed E-state index contributed by atoms with van der Waals surface area (Å²) < 4.78 is 0. The van der Waals surface area contributed by atoms with Crippen molar-refractivity contribution in [1.82, 2.24) is 0 Å². The Morgan fingerprint density at radius 2 is 1.79 bits per heavy atom. The molecule has 0 aromatic carbocycles. The summed E-state index contributed by atoms with van der Waals surface area (Å²) in [5, 5.41) is -0.818. The number of primary amides is 1. The molecule has 0 fully saturated rings. The third-order valence-electron chi connectivity index (χ3n) is 1.88. The molecule has 0 bridgehead atoms. The first-order chi connectivity index (χ1) is 6.47. The number of carbonyl (C=O) groups is 1. The van der Waals surface area contributed by atoms with E-state index in [9.17, 15) is 4.79 Å². The van der Waals surface area contributed by atoms with Gasteiger partial charge in [-0.3, -0.25) is 4.79 Å². The zero-order chi connectivity index (χ0) is 11.1. The smallest absolute Gasteiger partial charge is 0.235 e. The third kappa shape index (κ3) is 6.74. The van der Waals surface area contributed by atoms with Gasteiger partial charge in [0.25, 0.3) is 0 Å². The van der Waals surface area contributed by atoms with Crippen molar-refractivity contribution >= 4 is 40.7 Å². The summed E-state index contributed by atoms with van der Waals surface area (Å²) in [5.41, 5.74) is 5.01. The summed E-state index contributed by atoms with van der Waals surface area (Å²) in [6, 6.07) is 0. The third-order valence-corrected chi connectivity index (χ3v) is 3.03. The second kappa shape index (κ2) is 7.61. The van der Waals surface area contributed by atoms with Gasteiger partial charge in [0.1, 0.15) is 5.38 Å². The number of hydrogen-bond donors (Lipinski definition) is 1. The Labute approximate surface area is 100 Å². The van der Waals surface area contributed by atoms with Gasteiger partial charge in [-0.1, -0.05) is 13.3 Å². The molecule has 0 aliphatic rings. The van der Waals surface area contributed by atoms with Crippen LogP contribution in [0.25, 0.3) is 0 Å². The van der Waals surface area contributed by atoms with Crippen LogP contribution in [0.15, 0.2) is 0 Å². The molecule has 5 heteroatoms. The van der Waals surface area contributed by atoms with Crippen LogP contribution in [0, 0.1) is 0 Å². The standard InChI is InChI=1S/C9H16Cl3NO/c1-2-3-6(10)4-7(11)5-8(12)9(13)14/h6-8H,2-5H2,1H3,(H2,13,14). The Kier molecular flexibility index (Phi) is 7.79. The van der Waals surface area contributed by atoms with E-state index in [-0.39, 0.29) is 10.8 Å². The molecule has 3 atom stereocenters. The number of halogens is 3. The molecule has 14 heavy (non-hydrogen) atoms. The van der Waals surface area contributed by atoms with E-state index < -0.39 is 11.3 Å². The Hall–Kier alpha value is 0.340. The van der Waals surface area contributed by atoms with Crippen LogP contribution in [0.4, 0.5) is 0 Å². The van der Waals surface area contributed by atoms with E-state index in [1.165, 1.54) is 0 Å². The first-order valence-corrected chi connectivity index (χ1v) is 5.99. The van der Waals surface area contributed by atoms with E-state index in [0.717, 1.165) is 12.8 Å². The van der Waals surface area contributed by atoms with Crippen LogP contribution in [0.1, 0.15) is 32.6 Å².